The first kappa shape index (κ1) is 10.9. The number of nitrogens with two attached hydrogens (primary N) is 2. The monoisotopic (exact) mass is 194 g/mol. The van der Waals surface area contributed by atoms with Crippen molar-refractivity contribution in [2.24, 2.45) is 5.73 Å². The molecular weight excluding hydrogens is 176 g/mol. The van der Waals surface area contributed by atoms with E-state index in [1.807, 2.05) is 39.0 Å². The first-order chi connectivity index (χ1) is 6.45. The normalized spacial score (nSPS) is 11.4. The van der Waals surface area contributed by atoms with Gasteiger partial charge in [-0.2, -0.15) is 0 Å². The number of hydrogen-bond donors (Lipinski definition) is 2. The molecule has 0 saturated heterocycles. The Kier molecular flexibility index (Phi) is 3.01. The molecule has 0 atom stereocenters. The van der Waals surface area contributed by atoms with Crippen molar-refractivity contribution in [2.45, 2.75) is 26.3 Å². The second-order valence-corrected chi connectivity index (χ2v) is 3.91. The number of benzene rings is 1. The van der Waals surface area contributed by atoms with E-state index in [2.05, 4.69) is 0 Å². The fourth-order valence-electron chi connectivity index (χ4n) is 1.24. The highest BCUT2D eigenvalue weighted by Crippen LogP contribution is 2.26. The van der Waals surface area contributed by atoms with Gasteiger partial charge >= 0.3 is 0 Å². The molecule has 1 aromatic carbocycles. The van der Waals surface area contributed by atoms with Crippen molar-refractivity contribution in [1.82, 2.24) is 0 Å². The van der Waals surface area contributed by atoms with Crippen LogP contribution in [-0.4, -0.2) is 6.61 Å². The average molecular weight is 194 g/mol. The van der Waals surface area contributed by atoms with Gasteiger partial charge in [-0.1, -0.05) is 6.07 Å². The molecule has 0 aliphatic rings. The minimum Gasteiger partial charge on any atom is -0.492 e. The second kappa shape index (κ2) is 3.88. The Morgan fingerprint density at radius 1 is 1.36 bits per heavy atom. The van der Waals surface area contributed by atoms with E-state index in [4.69, 9.17) is 16.2 Å². The topological polar surface area (TPSA) is 61.3 Å². The van der Waals surface area contributed by atoms with Crippen molar-refractivity contribution < 1.29 is 4.74 Å². The maximum atomic E-state index is 5.95. The van der Waals surface area contributed by atoms with Crippen molar-refractivity contribution in [3.05, 3.63) is 23.8 Å². The predicted molar refractivity (Wildman–Crippen MR) is 59.2 cm³/mol. The zero-order valence-corrected chi connectivity index (χ0v) is 9.00. The number of nitrogen functional groups attached to an aromatic ring is 1. The van der Waals surface area contributed by atoms with Gasteiger partial charge in [0, 0.05) is 5.54 Å². The SMILES string of the molecule is CCOc1ccc(C(C)(C)N)cc1N. The maximum Gasteiger partial charge on any atom is 0.142 e. The second-order valence-electron chi connectivity index (χ2n) is 3.91. The van der Waals surface area contributed by atoms with Gasteiger partial charge in [-0.05, 0) is 38.5 Å². The highest BCUT2D eigenvalue weighted by Gasteiger charge is 2.15. The maximum absolute atomic E-state index is 5.95. The third-order valence-electron chi connectivity index (χ3n) is 2.05. The van der Waals surface area contributed by atoms with Crippen molar-refractivity contribution >= 4 is 5.69 Å². The van der Waals surface area contributed by atoms with E-state index in [0.29, 0.717) is 12.3 Å². The largest absolute Gasteiger partial charge is 0.492 e. The van der Waals surface area contributed by atoms with Crippen LogP contribution in [0.15, 0.2) is 18.2 Å². The Morgan fingerprint density at radius 3 is 2.43 bits per heavy atom. The van der Waals surface area contributed by atoms with E-state index in [9.17, 15) is 0 Å². The lowest BCUT2D eigenvalue weighted by Gasteiger charge is -2.20. The molecule has 0 bridgehead atoms. The lowest BCUT2D eigenvalue weighted by molar-refractivity contribution is 0.342. The van der Waals surface area contributed by atoms with Crippen LogP contribution < -0.4 is 16.2 Å². The highest BCUT2D eigenvalue weighted by atomic mass is 16.5. The summed E-state index contributed by atoms with van der Waals surface area (Å²) in [5.74, 6) is 0.723. The van der Waals surface area contributed by atoms with E-state index >= 15 is 0 Å². The molecule has 0 fully saturated rings. The van der Waals surface area contributed by atoms with Crippen LogP contribution in [0.1, 0.15) is 26.3 Å². The van der Waals surface area contributed by atoms with Crippen molar-refractivity contribution in [1.29, 1.82) is 0 Å². The molecule has 0 aromatic heterocycles. The lowest BCUT2D eigenvalue weighted by Crippen LogP contribution is -2.28. The fourth-order valence-corrected chi connectivity index (χ4v) is 1.24. The molecule has 0 aliphatic carbocycles. The fraction of sp³-hybridized carbons (Fsp3) is 0.455. The molecule has 14 heavy (non-hydrogen) atoms. The van der Waals surface area contributed by atoms with Crippen molar-refractivity contribution in [3.8, 4) is 5.75 Å². The quantitative estimate of drug-likeness (QED) is 0.722. The van der Waals surface area contributed by atoms with E-state index in [-0.39, 0.29) is 5.54 Å². The van der Waals surface area contributed by atoms with Crippen LogP contribution in [0.2, 0.25) is 0 Å². The molecule has 0 unspecified atom stereocenters. The number of hydrogen-bond acceptors (Lipinski definition) is 3. The smallest absolute Gasteiger partial charge is 0.142 e. The minimum atomic E-state index is -0.362. The van der Waals surface area contributed by atoms with Gasteiger partial charge < -0.3 is 16.2 Å². The first-order valence-electron chi connectivity index (χ1n) is 4.77. The van der Waals surface area contributed by atoms with Crippen LogP contribution in [0.3, 0.4) is 0 Å². The third-order valence-corrected chi connectivity index (χ3v) is 2.05. The molecule has 78 valence electrons. The van der Waals surface area contributed by atoms with Crippen LogP contribution in [0, 0.1) is 0 Å². The summed E-state index contributed by atoms with van der Waals surface area (Å²) < 4.78 is 5.34. The van der Waals surface area contributed by atoms with Gasteiger partial charge in [-0.25, -0.2) is 0 Å². The van der Waals surface area contributed by atoms with Crippen LogP contribution in [0.4, 0.5) is 5.69 Å². The zero-order chi connectivity index (χ0) is 10.8. The summed E-state index contributed by atoms with van der Waals surface area (Å²) in [6, 6.07) is 5.68. The van der Waals surface area contributed by atoms with Crippen LogP contribution >= 0.6 is 0 Å². The summed E-state index contributed by atoms with van der Waals surface area (Å²) in [5.41, 5.74) is 13.1. The van der Waals surface area contributed by atoms with E-state index < -0.39 is 0 Å². The molecule has 0 aliphatic heterocycles. The molecule has 0 heterocycles. The van der Waals surface area contributed by atoms with Crippen molar-refractivity contribution in [3.63, 3.8) is 0 Å². The molecule has 3 heteroatoms. The third kappa shape index (κ3) is 2.39. The zero-order valence-electron chi connectivity index (χ0n) is 9.00. The number of rotatable bonds is 3. The number of ether oxygens (including phenoxy) is 1. The lowest BCUT2D eigenvalue weighted by atomic mass is 9.95. The molecular formula is C11H18N2O. The molecule has 0 saturated carbocycles. The van der Waals surface area contributed by atoms with Gasteiger partial charge in [0.05, 0.1) is 12.3 Å². The highest BCUT2D eigenvalue weighted by molar-refractivity contribution is 5.55. The molecule has 1 rings (SSSR count). The summed E-state index contributed by atoms with van der Waals surface area (Å²) in [5, 5.41) is 0. The van der Waals surface area contributed by atoms with Crippen LogP contribution in [0.5, 0.6) is 5.75 Å². The molecule has 4 N–H and O–H groups in total. The summed E-state index contributed by atoms with van der Waals surface area (Å²) in [7, 11) is 0. The number of anilines is 1. The summed E-state index contributed by atoms with van der Waals surface area (Å²) >= 11 is 0. The Morgan fingerprint density at radius 2 is 2.00 bits per heavy atom. The molecule has 3 nitrogen and oxygen atoms in total. The van der Waals surface area contributed by atoms with Crippen LogP contribution in [-0.2, 0) is 5.54 Å². The standard InChI is InChI=1S/C11H18N2O/c1-4-14-10-6-5-8(7-9(10)12)11(2,3)13/h5-7H,4,12-13H2,1-3H3. The van der Waals surface area contributed by atoms with E-state index in [0.717, 1.165) is 11.3 Å². The van der Waals surface area contributed by atoms with Crippen LogP contribution in [0.25, 0.3) is 0 Å². The first-order valence-corrected chi connectivity index (χ1v) is 4.77. The predicted octanol–water partition coefficient (Wildman–Crippen LogP) is 1.86. The van der Waals surface area contributed by atoms with Gasteiger partial charge in [0.25, 0.3) is 0 Å². The Labute approximate surface area is 85.0 Å². The molecule has 1 aromatic rings. The van der Waals surface area contributed by atoms with Gasteiger partial charge in [0.15, 0.2) is 0 Å². The summed E-state index contributed by atoms with van der Waals surface area (Å²) in [6.45, 7) is 6.44. The van der Waals surface area contributed by atoms with Gasteiger partial charge in [-0.15, -0.1) is 0 Å². The molecule has 0 spiro atoms. The Balaban J connectivity index is 3.01. The summed E-state index contributed by atoms with van der Waals surface area (Å²) in [4.78, 5) is 0. The van der Waals surface area contributed by atoms with Crippen molar-refractivity contribution in [2.75, 3.05) is 12.3 Å². The average Bonchev–Trinajstić information content (AvgIpc) is 2.07. The van der Waals surface area contributed by atoms with Gasteiger partial charge in [-0.3, -0.25) is 0 Å². The van der Waals surface area contributed by atoms with E-state index in [1.54, 1.807) is 0 Å². The van der Waals surface area contributed by atoms with Gasteiger partial charge in [0.2, 0.25) is 0 Å². The Bertz CT molecular complexity index is 316. The Hall–Kier alpha value is -1.22. The minimum absolute atomic E-state index is 0.362. The van der Waals surface area contributed by atoms with E-state index in [1.165, 1.54) is 0 Å². The molecule has 0 radical (unpaired) electrons. The molecule has 0 amide bonds. The van der Waals surface area contributed by atoms with Gasteiger partial charge in [0.1, 0.15) is 5.75 Å². The summed E-state index contributed by atoms with van der Waals surface area (Å²) in [6.07, 6.45) is 0.